The maximum Gasteiger partial charge on any atom is 0.303 e. The largest absolute Gasteiger partial charge is 0.481 e. The lowest BCUT2D eigenvalue weighted by atomic mass is 10.1. The van der Waals surface area contributed by atoms with Gasteiger partial charge in [0.15, 0.2) is 24.8 Å². The first-order valence-electron chi connectivity index (χ1n) is 11.0. The Morgan fingerprint density at radius 3 is 1.23 bits per heavy atom. The monoisotopic (exact) mass is 414 g/mol. The number of carbonyl (C=O) groups is 2. The molecule has 0 spiro atoms. The third-order valence-corrected chi connectivity index (χ3v) is 5.23. The van der Waals surface area contributed by atoms with Crippen LogP contribution >= 0.6 is 0 Å². The molecule has 0 aliphatic heterocycles. The molecule has 0 amide bonds. The van der Waals surface area contributed by atoms with Gasteiger partial charge in [-0.05, 0) is 36.8 Å². The van der Waals surface area contributed by atoms with Gasteiger partial charge in [-0.3, -0.25) is 9.59 Å². The first kappa shape index (κ1) is 23.5. The molecule has 0 radical (unpaired) electrons. The van der Waals surface area contributed by atoms with Crippen LogP contribution in [0.3, 0.4) is 0 Å². The van der Waals surface area contributed by atoms with Crippen LogP contribution in [0.25, 0.3) is 11.1 Å². The zero-order valence-electron chi connectivity index (χ0n) is 17.7. The van der Waals surface area contributed by atoms with Crippen LogP contribution in [-0.4, -0.2) is 22.2 Å². The fourth-order valence-electron chi connectivity index (χ4n) is 3.45. The van der Waals surface area contributed by atoms with E-state index in [2.05, 4.69) is 58.2 Å². The first-order chi connectivity index (χ1) is 14.5. The molecule has 30 heavy (non-hydrogen) atoms. The van der Waals surface area contributed by atoms with Crippen LogP contribution in [0.5, 0.6) is 0 Å². The van der Waals surface area contributed by atoms with E-state index in [9.17, 15) is 9.59 Å². The quantitative estimate of drug-likeness (QED) is 0.341. The molecule has 6 nitrogen and oxygen atoms in total. The molecule has 6 heteroatoms. The number of unbranched alkanes of at least 4 members (excludes halogenated alkanes) is 6. The van der Waals surface area contributed by atoms with E-state index in [0.717, 1.165) is 64.5 Å². The van der Waals surface area contributed by atoms with Crippen LogP contribution in [0.15, 0.2) is 49.1 Å². The van der Waals surface area contributed by atoms with Gasteiger partial charge in [-0.25, -0.2) is 9.13 Å². The summed E-state index contributed by atoms with van der Waals surface area (Å²) in [5.41, 5.74) is 2.38. The Balaban J connectivity index is 1.69. The van der Waals surface area contributed by atoms with Gasteiger partial charge in [0.05, 0.1) is 0 Å². The maximum atomic E-state index is 10.5. The summed E-state index contributed by atoms with van der Waals surface area (Å²) in [4.78, 5) is 21.0. The highest BCUT2D eigenvalue weighted by atomic mass is 16.4. The summed E-state index contributed by atoms with van der Waals surface area (Å²) in [5, 5.41) is 17.3. The maximum absolute atomic E-state index is 10.5. The van der Waals surface area contributed by atoms with Crippen molar-refractivity contribution in [3.8, 4) is 11.1 Å². The predicted octanol–water partition coefficient (Wildman–Crippen LogP) is 4.00. The summed E-state index contributed by atoms with van der Waals surface area (Å²) in [7, 11) is 0. The summed E-state index contributed by atoms with van der Waals surface area (Å²) in [6.07, 6.45) is 16.6. The summed E-state index contributed by atoms with van der Waals surface area (Å²) in [6.45, 7) is 1.91. The van der Waals surface area contributed by atoms with Crippen molar-refractivity contribution in [2.45, 2.75) is 77.3 Å². The summed E-state index contributed by atoms with van der Waals surface area (Å²) in [6, 6.07) is 8.53. The fourth-order valence-corrected chi connectivity index (χ4v) is 3.45. The Morgan fingerprint density at radius 1 is 0.567 bits per heavy atom. The molecule has 0 saturated carbocycles. The van der Waals surface area contributed by atoms with E-state index in [4.69, 9.17) is 10.2 Å². The smallest absolute Gasteiger partial charge is 0.303 e. The highest BCUT2D eigenvalue weighted by Gasteiger charge is 2.06. The molecular weight excluding hydrogens is 380 g/mol. The lowest BCUT2D eigenvalue weighted by Gasteiger charge is -2.02. The van der Waals surface area contributed by atoms with Gasteiger partial charge in [0.2, 0.25) is 0 Å². The van der Waals surface area contributed by atoms with Crippen LogP contribution in [-0.2, 0) is 22.7 Å². The van der Waals surface area contributed by atoms with Crippen LogP contribution in [0.2, 0.25) is 0 Å². The second kappa shape index (κ2) is 13.5. The van der Waals surface area contributed by atoms with E-state index in [1.165, 1.54) is 11.1 Å². The number of carboxylic acid groups (broad SMARTS) is 2. The van der Waals surface area contributed by atoms with Crippen molar-refractivity contribution >= 4 is 11.9 Å². The van der Waals surface area contributed by atoms with Crippen molar-refractivity contribution in [2.24, 2.45) is 0 Å². The Morgan fingerprint density at radius 2 is 0.900 bits per heavy atom. The molecular formula is C24H34N2O4+2. The van der Waals surface area contributed by atoms with Gasteiger partial charge in [0.1, 0.15) is 13.1 Å². The van der Waals surface area contributed by atoms with E-state index in [0.29, 0.717) is 0 Å². The molecule has 2 aromatic heterocycles. The molecule has 2 aromatic rings. The molecule has 2 N–H and O–H groups in total. The van der Waals surface area contributed by atoms with E-state index < -0.39 is 11.9 Å². The summed E-state index contributed by atoms with van der Waals surface area (Å²) in [5.74, 6) is -1.42. The number of aliphatic carboxylic acids is 2. The highest BCUT2D eigenvalue weighted by Crippen LogP contribution is 2.16. The average Bonchev–Trinajstić information content (AvgIpc) is 2.73. The van der Waals surface area contributed by atoms with Crippen LogP contribution in [0, 0.1) is 0 Å². The molecule has 0 aromatic carbocycles. The van der Waals surface area contributed by atoms with Crippen molar-refractivity contribution < 1.29 is 28.9 Å². The minimum absolute atomic E-state index is 0.270. The number of nitrogens with zero attached hydrogens (tertiary/aromatic N) is 2. The second-order valence-corrected chi connectivity index (χ2v) is 7.77. The van der Waals surface area contributed by atoms with Gasteiger partial charge in [0, 0.05) is 49.9 Å². The molecule has 162 valence electrons. The van der Waals surface area contributed by atoms with Gasteiger partial charge < -0.3 is 10.2 Å². The molecule has 0 aliphatic carbocycles. The molecule has 0 saturated heterocycles. The molecule has 0 bridgehead atoms. The standard InChI is InChI=1S/C24H32N2O4/c27-23(28)9-5-1-3-7-15-25-17-11-21(12-18-25)22-13-19-26(20-14-22)16-8-4-2-6-10-24(29)30/h11-14,17-20H,1-10,15-16H2/p+2. The number of aryl methyl sites for hydroxylation is 2. The topological polar surface area (TPSA) is 82.4 Å². The Kier molecular flexibility index (Phi) is 10.6. The minimum atomic E-state index is -0.709. The number of aromatic nitrogens is 2. The van der Waals surface area contributed by atoms with Gasteiger partial charge in [-0.2, -0.15) is 0 Å². The minimum Gasteiger partial charge on any atom is -0.481 e. The normalized spacial score (nSPS) is 10.8. The first-order valence-corrected chi connectivity index (χ1v) is 11.0. The van der Waals surface area contributed by atoms with Crippen molar-refractivity contribution in [1.29, 1.82) is 0 Å². The van der Waals surface area contributed by atoms with Crippen molar-refractivity contribution in [1.82, 2.24) is 0 Å². The van der Waals surface area contributed by atoms with E-state index in [1.54, 1.807) is 0 Å². The Bertz CT molecular complexity index is 705. The molecule has 0 unspecified atom stereocenters. The van der Waals surface area contributed by atoms with Crippen molar-refractivity contribution in [3.05, 3.63) is 49.1 Å². The number of carboxylic acids is 2. The zero-order chi connectivity index (χ0) is 21.6. The van der Waals surface area contributed by atoms with E-state index in [-0.39, 0.29) is 12.8 Å². The van der Waals surface area contributed by atoms with Gasteiger partial charge >= 0.3 is 11.9 Å². The third-order valence-electron chi connectivity index (χ3n) is 5.23. The average molecular weight is 415 g/mol. The van der Waals surface area contributed by atoms with Crippen LogP contribution in [0.1, 0.15) is 64.2 Å². The molecule has 0 fully saturated rings. The van der Waals surface area contributed by atoms with E-state index in [1.807, 2.05) is 0 Å². The van der Waals surface area contributed by atoms with Crippen molar-refractivity contribution in [3.63, 3.8) is 0 Å². The number of rotatable bonds is 15. The second-order valence-electron chi connectivity index (χ2n) is 7.77. The molecule has 0 aliphatic rings. The molecule has 2 heterocycles. The Hall–Kier alpha value is -2.76. The molecule has 0 atom stereocenters. The lowest BCUT2D eigenvalue weighted by molar-refractivity contribution is -0.697. The Labute approximate surface area is 178 Å². The van der Waals surface area contributed by atoms with Crippen LogP contribution in [0.4, 0.5) is 0 Å². The van der Waals surface area contributed by atoms with Crippen LogP contribution < -0.4 is 9.13 Å². The van der Waals surface area contributed by atoms with E-state index >= 15 is 0 Å². The lowest BCUT2D eigenvalue weighted by Crippen LogP contribution is -2.33. The third kappa shape index (κ3) is 9.63. The highest BCUT2D eigenvalue weighted by molar-refractivity contribution is 5.66. The zero-order valence-corrected chi connectivity index (χ0v) is 17.7. The molecule has 2 rings (SSSR count). The summed E-state index contributed by atoms with van der Waals surface area (Å²) >= 11 is 0. The fraction of sp³-hybridized carbons (Fsp3) is 0.500. The number of hydrogen-bond acceptors (Lipinski definition) is 2. The SMILES string of the molecule is O=C(O)CCCCCC[n+]1ccc(-c2cc[n+](CCCCCCC(=O)O)cc2)cc1. The predicted molar refractivity (Wildman–Crippen MR) is 114 cm³/mol. The van der Waals surface area contributed by atoms with Crippen molar-refractivity contribution in [2.75, 3.05) is 0 Å². The number of hydrogen-bond donors (Lipinski definition) is 2. The van der Waals surface area contributed by atoms with Gasteiger partial charge in [-0.15, -0.1) is 0 Å². The number of pyridine rings is 2. The van der Waals surface area contributed by atoms with Gasteiger partial charge in [-0.1, -0.05) is 12.8 Å². The van der Waals surface area contributed by atoms with Gasteiger partial charge in [0.25, 0.3) is 0 Å². The summed E-state index contributed by atoms with van der Waals surface area (Å²) < 4.78 is 4.35.